The zero-order chi connectivity index (χ0) is 24.1. The number of ketones is 1. The van der Waals surface area contributed by atoms with Gasteiger partial charge in [0, 0.05) is 28.9 Å². The lowest BCUT2D eigenvalue weighted by molar-refractivity contribution is -0.118. The minimum atomic E-state index is -0.618. The molecule has 0 amide bonds. The number of carbonyl (C=O) groups excluding carboxylic acids is 1. The van der Waals surface area contributed by atoms with Gasteiger partial charge in [-0.2, -0.15) is 5.26 Å². The first-order valence-corrected chi connectivity index (χ1v) is 12.1. The van der Waals surface area contributed by atoms with Crippen LogP contribution in [0.3, 0.4) is 0 Å². The number of furan rings is 1. The summed E-state index contributed by atoms with van der Waals surface area (Å²) in [5.74, 6) is 0.489. The molecule has 5 nitrogen and oxygen atoms in total. The first-order chi connectivity index (χ1) is 15.6. The summed E-state index contributed by atoms with van der Waals surface area (Å²) in [5.41, 5.74) is 9.12. The summed E-state index contributed by atoms with van der Waals surface area (Å²) in [7, 11) is 0. The van der Waals surface area contributed by atoms with Gasteiger partial charge in [0.15, 0.2) is 10.9 Å². The monoisotopic (exact) mass is 485 g/mol. The molecular weight excluding hydrogens is 461 g/mol. The van der Waals surface area contributed by atoms with Gasteiger partial charge < -0.3 is 10.2 Å². The van der Waals surface area contributed by atoms with Crippen LogP contribution in [0.5, 0.6) is 0 Å². The van der Waals surface area contributed by atoms with Crippen LogP contribution in [0.15, 0.2) is 56.4 Å². The van der Waals surface area contributed by atoms with Gasteiger partial charge in [-0.25, -0.2) is 4.39 Å². The Morgan fingerprint density at radius 3 is 2.73 bits per heavy atom. The van der Waals surface area contributed by atoms with E-state index in [0.717, 1.165) is 11.3 Å². The van der Waals surface area contributed by atoms with Crippen LogP contribution in [0.4, 0.5) is 10.1 Å². The van der Waals surface area contributed by atoms with Crippen molar-refractivity contribution in [1.82, 2.24) is 0 Å². The molecule has 1 aliphatic heterocycles. The Labute approximate surface area is 202 Å². The van der Waals surface area contributed by atoms with Crippen LogP contribution >= 0.6 is 23.4 Å². The van der Waals surface area contributed by atoms with Crippen molar-refractivity contribution >= 4 is 34.8 Å². The second kappa shape index (κ2) is 8.58. The van der Waals surface area contributed by atoms with Crippen LogP contribution < -0.4 is 10.6 Å². The molecule has 2 aromatic rings. The highest BCUT2D eigenvalue weighted by Gasteiger charge is 2.45. The molecule has 2 aliphatic rings. The standard InChI is InChI=1S/C25H25ClFN3O2S/c1-5-33-24-15(8-13(2)32-24)21-16(12-28)23(29)30(14-6-7-18(27)17(26)9-14)19-10-25(3,4)11-20(31)22(19)21/h6-9,21H,5,10-11,29H2,1-4H3. The van der Waals surface area contributed by atoms with E-state index in [1.54, 1.807) is 11.0 Å². The van der Waals surface area contributed by atoms with E-state index in [4.69, 9.17) is 21.8 Å². The number of aryl methyl sites for hydroxylation is 1. The Morgan fingerprint density at radius 2 is 2.09 bits per heavy atom. The average Bonchev–Trinajstić information content (AvgIpc) is 3.08. The number of Topliss-reactive ketones (excluding diaryl/α,β-unsaturated/α-hetero) is 1. The third-order valence-corrected chi connectivity index (χ3v) is 7.14. The summed E-state index contributed by atoms with van der Waals surface area (Å²) >= 11 is 7.60. The zero-order valence-electron chi connectivity index (χ0n) is 19.0. The fourth-order valence-electron chi connectivity index (χ4n) is 4.70. The molecule has 172 valence electrons. The van der Waals surface area contributed by atoms with Gasteiger partial charge in [0.05, 0.1) is 22.6 Å². The minimum absolute atomic E-state index is 0.0315. The molecule has 1 aromatic carbocycles. The maximum Gasteiger partial charge on any atom is 0.164 e. The Kier molecular flexibility index (Phi) is 6.10. The van der Waals surface area contributed by atoms with Gasteiger partial charge in [-0.05, 0) is 48.8 Å². The topological polar surface area (TPSA) is 83.3 Å². The van der Waals surface area contributed by atoms with Crippen LogP contribution in [0, 0.1) is 29.5 Å². The Morgan fingerprint density at radius 1 is 1.36 bits per heavy atom. The number of allylic oxidation sites excluding steroid dienone is 3. The first-order valence-electron chi connectivity index (χ1n) is 10.7. The molecule has 4 rings (SSSR count). The molecule has 1 aromatic heterocycles. The molecule has 33 heavy (non-hydrogen) atoms. The summed E-state index contributed by atoms with van der Waals surface area (Å²) < 4.78 is 19.8. The van der Waals surface area contributed by atoms with Crippen LogP contribution in [0.1, 0.15) is 50.9 Å². The van der Waals surface area contributed by atoms with Crippen molar-refractivity contribution in [3.8, 4) is 6.07 Å². The van der Waals surface area contributed by atoms with Crippen molar-refractivity contribution < 1.29 is 13.6 Å². The van der Waals surface area contributed by atoms with Crippen molar-refractivity contribution in [2.75, 3.05) is 10.7 Å². The number of nitriles is 1. The average molecular weight is 486 g/mol. The summed E-state index contributed by atoms with van der Waals surface area (Å²) in [6.07, 6.45) is 0.915. The number of hydrogen-bond acceptors (Lipinski definition) is 6. The van der Waals surface area contributed by atoms with Crippen molar-refractivity contribution in [3.63, 3.8) is 0 Å². The quantitative estimate of drug-likeness (QED) is 0.502. The molecule has 2 N–H and O–H groups in total. The summed E-state index contributed by atoms with van der Waals surface area (Å²) in [5, 5.41) is 10.8. The predicted octanol–water partition coefficient (Wildman–Crippen LogP) is 6.43. The second-order valence-electron chi connectivity index (χ2n) is 9.11. The molecule has 2 heterocycles. The van der Waals surface area contributed by atoms with Crippen LogP contribution in [0.25, 0.3) is 0 Å². The van der Waals surface area contributed by atoms with E-state index < -0.39 is 11.7 Å². The van der Waals surface area contributed by atoms with E-state index >= 15 is 0 Å². The van der Waals surface area contributed by atoms with Crippen molar-refractivity contribution in [2.24, 2.45) is 11.1 Å². The van der Waals surface area contributed by atoms with Crippen molar-refractivity contribution in [1.29, 1.82) is 5.26 Å². The number of anilines is 1. The number of carbonyl (C=O) groups is 1. The Balaban J connectivity index is 2.01. The summed E-state index contributed by atoms with van der Waals surface area (Å²) in [4.78, 5) is 15.3. The summed E-state index contributed by atoms with van der Waals surface area (Å²) in [6, 6.07) is 8.42. The molecule has 8 heteroatoms. The number of nitrogens with two attached hydrogens (primary N) is 1. The van der Waals surface area contributed by atoms with E-state index in [2.05, 4.69) is 6.07 Å². The Bertz CT molecular complexity index is 1250. The third kappa shape index (κ3) is 4.07. The van der Waals surface area contributed by atoms with Gasteiger partial charge in [0.25, 0.3) is 0 Å². The van der Waals surface area contributed by atoms with E-state index in [0.29, 0.717) is 40.7 Å². The van der Waals surface area contributed by atoms with E-state index in [-0.39, 0.29) is 27.6 Å². The molecule has 0 spiro atoms. The fourth-order valence-corrected chi connectivity index (χ4v) is 5.67. The molecule has 0 radical (unpaired) electrons. The van der Waals surface area contributed by atoms with Gasteiger partial charge >= 0.3 is 0 Å². The van der Waals surface area contributed by atoms with E-state index in [1.165, 1.54) is 23.9 Å². The van der Waals surface area contributed by atoms with Crippen molar-refractivity contribution in [3.05, 3.63) is 69.1 Å². The van der Waals surface area contributed by atoms with Gasteiger partial charge in [0.1, 0.15) is 17.4 Å². The maximum absolute atomic E-state index is 13.9. The van der Waals surface area contributed by atoms with Gasteiger partial charge in [0.2, 0.25) is 0 Å². The van der Waals surface area contributed by atoms with E-state index in [9.17, 15) is 14.4 Å². The van der Waals surface area contributed by atoms with Crippen LogP contribution in [-0.4, -0.2) is 11.5 Å². The molecule has 1 aliphatic carbocycles. The van der Waals surface area contributed by atoms with Gasteiger partial charge in [-0.1, -0.05) is 44.1 Å². The first kappa shape index (κ1) is 23.5. The highest BCUT2D eigenvalue weighted by atomic mass is 35.5. The lowest BCUT2D eigenvalue weighted by Gasteiger charge is -2.43. The van der Waals surface area contributed by atoms with Gasteiger partial charge in [-0.3, -0.25) is 9.69 Å². The number of thioether (sulfide) groups is 1. The minimum Gasteiger partial charge on any atom is -0.455 e. The molecular formula is C25H25ClFN3O2S. The summed E-state index contributed by atoms with van der Waals surface area (Å²) in [6.45, 7) is 7.92. The highest BCUT2D eigenvalue weighted by molar-refractivity contribution is 7.99. The lowest BCUT2D eigenvalue weighted by Crippen LogP contribution is -2.42. The molecule has 1 unspecified atom stereocenters. The highest BCUT2D eigenvalue weighted by Crippen LogP contribution is 2.52. The largest absolute Gasteiger partial charge is 0.455 e. The fraction of sp³-hybridized carbons (Fsp3) is 0.360. The number of rotatable bonds is 4. The normalized spacial score (nSPS) is 20.2. The zero-order valence-corrected chi connectivity index (χ0v) is 20.5. The Hall–Kier alpha value is -2.69. The third-order valence-electron chi connectivity index (χ3n) is 5.98. The second-order valence-corrected chi connectivity index (χ2v) is 10.8. The number of hydrogen-bond donors (Lipinski definition) is 1. The molecule has 0 saturated heterocycles. The number of halogens is 2. The number of nitrogens with zero attached hydrogens (tertiary/aromatic N) is 2. The molecule has 1 atom stereocenters. The maximum atomic E-state index is 13.9. The van der Waals surface area contributed by atoms with Crippen molar-refractivity contribution in [2.45, 2.75) is 51.5 Å². The molecule has 0 fully saturated rings. The SMILES string of the molecule is CCSc1oc(C)cc1C1C(C#N)=C(N)N(c2ccc(F)c(Cl)c2)C2=C1C(=O)CC(C)(C)C2. The predicted molar refractivity (Wildman–Crippen MR) is 128 cm³/mol. The molecule has 0 bridgehead atoms. The van der Waals surface area contributed by atoms with Crippen LogP contribution in [0.2, 0.25) is 5.02 Å². The number of benzene rings is 1. The lowest BCUT2D eigenvalue weighted by atomic mass is 9.69. The smallest absolute Gasteiger partial charge is 0.164 e. The van der Waals surface area contributed by atoms with E-state index in [1.807, 2.05) is 33.8 Å². The van der Waals surface area contributed by atoms with Crippen LogP contribution in [-0.2, 0) is 4.79 Å². The molecule has 0 saturated carbocycles. The van der Waals surface area contributed by atoms with Gasteiger partial charge in [-0.15, -0.1) is 0 Å².